The second-order valence-electron chi connectivity index (χ2n) is 4.37. The molecular weight excluding hydrogens is 264 g/mol. The predicted molar refractivity (Wildman–Crippen MR) is 73.2 cm³/mol. The molecule has 1 aliphatic rings. The first-order valence-corrected chi connectivity index (χ1v) is 7.49. The van der Waals surface area contributed by atoms with E-state index >= 15 is 0 Å². The highest BCUT2D eigenvalue weighted by molar-refractivity contribution is 7.88. The third kappa shape index (κ3) is 3.84. The largest absolute Gasteiger partial charge is 0.368 e. The van der Waals surface area contributed by atoms with Crippen LogP contribution in [-0.4, -0.2) is 19.8 Å². The van der Waals surface area contributed by atoms with Gasteiger partial charge in [0.25, 0.3) is 0 Å². The van der Waals surface area contributed by atoms with Crippen LogP contribution in [0, 0.1) is 0 Å². The van der Waals surface area contributed by atoms with Gasteiger partial charge in [0.05, 0.1) is 11.4 Å². The lowest BCUT2D eigenvalue weighted by atomic mass is 10.2. The van der Waals surface area contributed by atoms with Crippen LogP contribution in [0.5, 0.6) is 0 Å². The van der Waals surface area contributed by atoms with Crippen LogP contribution in [0.4, 0.5) is 0 Å². The molecule has 1 heterocycles. The van der Waals surface area contributed by atoms with Crippen molar-refractivity contribution < 1.29 is 13.5 Å². The van der Waals surface area contributed by atoms with E-state index < -0.39 is 16.3 Å². The number of aliphatic hydroxyl groups is 1. The van der Waals surface area contributed by atoms with Gasteiger partial charge in [-0.2, -0.15) is 0 Å². The van der Waals surface area contributed by atoms with Crippen LogP contribution in [0.1, 0.15) is 12.5 Å². The Morgan fingerprint density at radius 2 is 1.95 bits per heavy atom. The maximum absolute atomic E-state index is 12.0. The zero-order valence-corrected chi connectivity index (χ0v) is 11.3. The lowest BCUT2D eigenvalue weighted by Gasteiger charge is -2.22. The van der Waals surface area contributed by atoms with Crippen LogP contribution >= 0.6 is 0 Å². The lowest BCUT2D eigenvalue weighted by molar-refractivity contribution is 0.179. The third-order valence-corrected chi connectivity index (χ3v) is 3.90. The fourth-order valence-corrected chi connectivity index (χ4v) is 2.99. The molecule has 0 aromatic heterocycles. The monoisotopic (exact) mass is 280 g/mol. The smallest absolute Gasteiger partial charge is 0.236 e. The van der Waals surface area contributed by atoms with Gasteiger partial charge in [0.1, 0.15) is 0 Å². The van der Waals surface area contributed by atoms with E-state index in [-0.39, 0.29) is 11.4 Å². The fraction of sp³-hybridized carbons (Fsp3) is 0.231. The van der Waals surface area contributed by atoms with Crippen LogP contribution < -0.4 is 10.0 Å². The van der Waals surface area contributed by atoms with Gasteiger partial charge >= 0.3 is 0 Å². The normalized spacial score (nSPS) is 19.2. The summed E-state index contributed by atoms with van der Waals surface area (Å²) in [6.07, 6.45) is 2.22. The number of aliphatic hydroxyl groups excluding tert-OH is 1. The van der Waals surface area contributed by atoms with Gasteiger partial charge in [-0.05, 0) is 24.6 Å². The number of nitrogens with one attached hydrogen (secondary N) is 2. The predicted octanol–water partition coefficient (Wildman–Crippen LogP) is 0.815. The highest BCUT2D eigenvalue weighted by atomic mass is 32.2. The van der Waals surface area contributed by atoms with Crippen molar-refractivity contribution in [1.82, 2.24) is 10.0 Å². The molecule has 0 aliphatic carbocycles. The molecule has 0 saturated heterocycles. The Morgan fingerprint density at radius 1 is 1.26 bits per heavy atom. The van der Waals surface area contributed by atoms with E-state index in [1.54, 1.807) is 43.3 Å². The van der Waals surface area contributed by atoms with E-state index in [9.17, 15) is 13.5 Å². The summed E-state index contributed by atoms with van der Waals surface area (Å²) in [7, 11) is -3.53. The van der Waals surface area contributed by atoms with Gasteiger partial charge in [-0.3, -0.25) is 4.72 Å². The van der Waals surface area contributed by atoms with Crippen molar-refractivity contribution in [3.63, 3.8) is 0 Å². The molecule has 1 aliphatic heterocycles. The summed E-state index contributed by atoms with van der Waals surface area (Å²) in [5, 5.41) is 12.5. The quantitative estimate of drug-likeness (QED) is 0.763. The molecule has 0 amide bonds. The molecule has 0 saturated carbocycles. The Kier molecular flexibility index (Phi) is 3.92. The molecule has 0 fully saturated rings. The number of rotatable bonds is 4. The number of sulfonamides is 1. The number of allylic oxidation sites excluding steroid dienone is 3. The molecule has 3 N–H and O–H groups in total. The topological polar surface area (TPSA) is 78.4 Å². The van der Waals surface area contributed by atoms with Gasteiger partial charge in [0.2, 0.25) is 10.0 Å². The Bertz CT molecular complexity index is 606. The van der Waals surface area contributed by atoms with E-state index in [4.69, 9.17) is 0 Å². The first-order valence-electron chi connectivity index (χ1n) is 5.84. The van der Waals surface area contributed by atoms with Crippen LogP contribution in [0.15, 0.2) is 53.9 Å². The first kappa shape index (κ1) is 13.6. The maximum Gasteiger partial charge on any atom is 0.236 e. The summed E-state index contributed by atoms with van der Waals surface area (Å²) in [6, 6.07) is 8.88. The van der Waals surface area contributed by atoms with E-state index in [0.29, 0.717) is 5.56 Å². The fourth-order valence-electron chi connectivity index (χ4n) is 1.75. The van der Waals surface area contributed by atoms with Gasteiger partial charge in [-0.25, -0.2) is 8.42 Å². The molecule has 1 aromatic rings. The van der Waals surface area contributed by atoms with Crippen molar-refractivity contribution in [3.8, 4) is 0 Å². The third-order valence-electron chi connectivity index (χ3n) is 2.64. The Morgan fingerprint density at radius 3 is 2.58 bits per heavy atom. The highest BCUT2D eigenvalue weighted by Gasteiger charge is 2.19. The average molecular weight is 280 g/mol. The number of hydrogen-bond acceptors (Lipinski definition) is 4. The van der Waals surface area contributed by atoms with Crippen molar-refractivity contribution >= 4 is 10.0 Å². The molecular formula is C13H16N2O3S. The molecule has 5 nitrogen and oxygen atoms in total. The van der Waals surface area contributed by atoms with E-state index in [2.05, 4.69) is 10.0 Å². The summed E-state index contributed by atoms with van der Waals surface area (Å²) in [6.45, 7) is 1.79. The minimum Gasteiger partial charge on any atom is -0.368 e. The van der Waals surface area contributed by atoms with Gasteiger partial charge in [-0.15, -0.1) is 0 Å². The van der Waals surface area contributed by atoms with Crippen molar-refractivity contribution in [3.05, 3.63) is 59.4 Å². The lowest BCUT2D eigenvalue weighted by Crippen LogP contribution is -2.39. The zero-order valence-electron chi connectivity index (χ0n) is 10.5. The van der Waals surface area contributed by atoms with Crippen LogP contribution in [-0.2, 0) is 15.8 Å². The van der Waals surface area contributed by atoms with Gasteiger partial charge < -0.3 is 10.4 Å². The minimum absolute atomic E-state index is 0.124. The highest BCUT2D eigenvalue weighted by Crippen LogP contribution is 2.10. The van der Waals surface area contributed by atoms with E-state index in [0.717, 1.165) is 5.70 Å². The Hall–Kier alpha value is -1.79. The van der Waals surface area contributed by atoms with Crippen molar-refractivity contribution in [1.29, 1.82) is 0 Å². The summed E-state index contributed by atoms with van der Waals surface area (Å²) < 4.78 is 26.4. The van der Waals surface area contributed by atoms with Gasteiger partial charge in [-0.1, -0.05) is 30.3 Å². The summed E-state index contributed by atoms with van der Waals surface area (Å²) in [4.78, 5) is 0. The number of benzene rings is 1. The van der Waals surface area contributed by atoms with Crippen molar-refractivity contribution in [2.75, 3.05) is 0 Å². The second-order valence-corrected chi connectivity index (χ2v) is 6.09. The molecule has 1 aromatic carbocycles. The van der Waals surface area contributed by atoms with Crippen LogP contribution in [0.3, 0.4) is 0 Å². The molecule has 1 unspecified atom stereocenters. The molecule has 6 heteroatoms. The molecule has 0 radical (unpaired) electrons. The molecule has 0 bridgehead atoms. The molecule has 2 rings (SSSR count). The molecule has 1 atom stereocenters. The van der Waals surface area contributed by atoms with Crippen molar-refractivity contribution in [2.24, 2.45) is 0 Å². The van der Waals surface area contributed by atoms with Gasteiger partial charge in [0, 0.05) is 5.70 Å². The van der Waals surface area contributed by atoms with E-state index in [1.165, 1.54) is 0 Å². The first-order chi connectivity index (χ1) is 8.96. The van der Waals surface area contributed by atoms with Crippen LogP contribution in [0.2, 0.25) is 0 Å². The number of dihydropyridines is 1. The number of hydrogen-bond donors (Lipinski definition) is 3. The molecule has 102 valence electrons. The zero-order chi connectivity index (χ0) is 13.9. The molecule has 19 heavy (non-hydrogen) atoms. The Balaban J connectivity index is 2.10. The van der Waals surface area contributed by atoms with Gasteiger partial charge in [0.15, 0.2) is 6.23 Å². The SMILES string of the molecule is CC1=CC=C(NS(=O)(=O)Cc2ccccc2)C(O)N1. The van der Waals surface area contributed by atoms with Crippen LogP contribution in [0.25, 0.3) is 0 Å². The van der Waals surface area contributed by atoms with Crippen molar-refractivity contribution in [2.45, 2.75) is 18.9 Å². The summed E-state index contributed by atoms with van der Waals surface area (Å²) >= 11 is 0. The second kappa shape index (κ2) is 5.46. The molecule has 0 spiro atoms. The Labute approximate surface area is 112 Å². The standard InChI is InChI=1S/C13H16N2O3S/c1-10-7-8-12(13(16)14-10)15-19(17,18)9-11-5-3-2-4-6-11/h2-8,13-16H,9H2,1H3. The summed E-state index contributed by atoms with van der Waals surface area (Å²) in [5.74, 6) is -0.124. The minimum atomic E-state index is -3.53. The average Bonchev–Trinajstić information content (AvgIpc) is 2.33. The van der Waals surface area contributed by atoms with E-state index in [1.807, 2.05) is 6.07 Å². The maximum atomic E-state index is 12.0. The summed E-state index contributed by atoms with van der Waals surface area (Å²) in [5.41, 5.74) is 1.70.